The van der Waals surface area contributed by atoms with E-state index in [1.54, 1.807) is 7.11 Å². The number of nitrogens with two attached hydrogens (primary N) is 1. The number of benzene rings is 1. The van der Waals surface area contributed by atoms with Crippen LogP contribution in [0.15, 0.2) is 22.7 Å². The first-order valence-corrected chi connectivity index (χ1v) is 7.98. The van der Waals surface area contributed by atoms with E-state index in [1.165, 1.54) is 0 Å². The quantitative estimate of drug-likeness (QED) is 0.715. The molecule has 0 unspecified atom stereocenters. The van der Waals surface area contributed by atoms with Crippen LogP contribution in [-0.2, 0) is 0 Å². The van der Waals surface area contributed by atoms with Crippen LogP contribution in [-0.4, -0.2) is 17.1 Å². The van der Waals surface area contributed by atoms with Crippen molar-refractivity contribution in [3.05, 3.63) is 31.9 Å². The van der Waals surface area contributed by atoms with Crippen LogP contribution in [0.1, 0.15) is 25.5 Å². The summed E-state index contributed by atoms with van der Waals surface area (Å²) < 4.78 is 7.02. The van der Waals surface area contributed by atoms with E-state index in [9.17, 15) is 0 Å². The van der Waals surface area contributed by atoms with Crippen LogP contribution in [0.25, 0.3) is 11.4 Å². The number of anilines is 1. The third-order valence-corrected chi connectivity index (χ3v) is 4.58. The monoisotopic (exact) mass is 447 g/mol. The Bertz CT molecular complexity index is 647. The van der Waals surface area contributed by atoms with Gasteiger partial charge < -0.3 is 10.5 Å². The summed E-state index contributed by atoms with van der Waals surface area (Å²) in [6.07, 6.45) is 0. The van der Waals surface area contributed by atoms with E-state index >= 15 is 0 Å². The summed E-state index contributed by atoms with van der Waals surface area (Å²) in [6.45, 7) is 4.19. The molecule has 0 fully saturated rings. The van der Waals surface area contributed by atoms with Gasteiger partial charge in [-0.3, -0.25) is 0 Å². The maximum atomic E-state index is 6.00. The number of ether oxygens (including phenoxy) is 1. The van der Waals surface area contributed by atoms with Crippen LogP contribution in [0.3, 0.4) is 0 Å². The fraction of sp³-hybridized carbons (Fsp3) is 0.286. The number of nitrogens with zero attached hydrogens (tertiary/aromatic N) is 2. The zero-order chi connectivity index (χ0) is 14.9. The van der Waals surface area contributed by atoms with Crippen molar-refractivity contribution < 1.29 is 4.74 Å². The summed E-state index contributed by atoms with van der Waals surface area (Å²) in [5, 5.41) is 0. The molecule has 0 aliphatic heterocycles. The van der Waals surface area contributed by atoms with Crippen molar-refractivity contribution >= 4 is 44.3 Å². The molecule has 0 saturated heterocycles. The molecule has 4 nitrogen and oxygen atoms in total. The van der Waals surface area contributed by atoms with Gasteiger partial charge in [-0.1, -0.05) is 13.8 Å². The molecular weight excluding hydrogens is 433 g/mol. The Hall–Kier alpha value is -0.890. The molecule has 20 heavy (non-hydrogen) atoms. The number of halogens is 2. The van der Waals surface area contributed by atoms with Crippen LogP contribution < -0.4 is 10.5 Å². The van der Waals surface area contributed by atoms with E-state index in [1.807, 2.05) is 18.2 Å². The van der Waals surface area contributed by atoms with E-state index in [0.29, 0.717) is 17.6 Å². The molecule has 6 heteroatoms. The second-order valence-electron chi connectivity index (χ2n) is 4.64. The average Bonchev–Trinajstić information content (AvgIpc) is 2.41. The van der Waals surface area contributed by atoms with Crippen LogP contribution in [0.5, 0.6) is 5.75 Å². The van der Waals surface area contributed by atoms with Crippen LogP contribution in [0.4, 0.5) is 5.82 Å². The zero-order valence-electron chi connectivity index (χ0n) is 11.4. The predicted molar refractivity (Wildman–Crippen MR) is 92.9 cm³/mol. The lowest BCUT2D eigenvalue weighted by molar-refractivity contribution is 0.412. The van der Waals surface area contributed by atoms with Crippen molar-refractivity contribution in [2.24, 2.45) is 0 Å². The highest BCUT2D eigenvalue weighted by atomic mass is 127. The van der Waals surface area contributed by atoms with Gasteiger partial charge in [-0.25, -0.2) is 9.97 Å². The first kappa shape index (κ1) is 15.5. The van der Waals surface area contributed by atoms with E-state index < -0.39 is 0 Å². The summed E-state index contributed by atoms with van der Waals surface area (Å²) in [5.41, 5.74) is 7.87. The van der Waals surface area contributed by atoms with Gasteiger partial charge in [-0.05, 0) is 62.6 Å². The highest BCUT2D eigenvalue weighted by Gasteiger charge is 2.14. The summed E-state index contributed by atoms with van der Waals surface area (Å²) in [7, 11) is 1.63. The molecule has 106 valence electrons. The number of methoxy groups -OCH3 is 1. The molecule has 2 rings (SSSR count). The van der Waals surface area contributed by atoms with Crippen molar-refractivity contribution in [2.45, 2.75) is 19.8 Å². The second-order valence-corrected chi connectivity index (χ2v) is 6.57. The van der Waals surface area contributed by atoms with Crippen LogP contribution in [0, 0.1) is 3.57 Å². The Morgan fingerprint density at radius 2 is 2.00 bits per heavy atom. The fourth-order valence-electron chi connectivity index (χ4n) is 1.80. The lowest BCUT2D eigenvalue weighted by atomic mass is 10.1. The first-order chi connectivity index (χ1) is 9.43. The lowest BCUT2D eigenvalue weighted by Crippen LogP contribution is -2.06. The molecule has 0 bridgehead atoms. The van der Waals surface area contributed by atoms with Crippen molar-refractivity contribution in [1.29, 1.82) is 0 Å². The maximum Gasteiger partial charge on any atom is 0.161 e. The van der Waals surface area contributed by atoms with Crippen LogP contribution in [0.2, 0.25) is 0 Å². The number of rotatable bonds is 3. The van der Waals surface area contributed by atoms with Gasteiger partial charge in [0.25, 0.3) is 0 Å². The van der Waals surface area contributed by atoms with E-state index in [0.717, 1.165) is 25.0 Å². The third kappa shape index (κ3) is 3.06. The summed E-state index contributed by atoms with van der Waals surface area (Å²) in [5.74, 6) is 2.23. The molecule has 0 aliphatic rings. The molecule has 1 aromatic heterocycles. The number of hydrogen-bond donors (Lipinski definition) is 1. The van der Waals surface area contributed by atoms with Gasteiger partial charge in [0.05, 0.1) is 20.8 Å². The maximum absolute atomic E-state index is 6.00. The van der Waals surface area contributed by atoms with Crippen molar-refractivity contribution in [3.63, 3.8) is 0 Å². The number of nitrogen functional groups attached to an aromatic ring is 1. The minimum atomic E-state index is 0.299. The smallest absolute Gasteiger partial charge is 0.161 e. The molecule has 0 atom stereocenters. The van der Waals surface area contributed by atoms with Crippen molar-refractivity contribution in [3.8, 4) is 17.1 Å². The number of aromatic nitrogens is 2. The second kappa shape index (κ2) is 6.26. The minimum absolute atomic E-state index is 0.299. The average molecular weight is 448 g/mol. The van der Waals surface area contributed by atoms with Gasteiger partial charge in [0.15, 0.2) is 5.82 Å². The Morgan fingerprint density at radius 3 is 2.55 bits per heavy atom. The van der Waals surface area contributed by atoms with Gasteiger partial charge >= 0.3 is 0 Å². The summed E-state index contributed by atoms with van der Waals surface area (Å²) in [4.78, 5) is 9.02. The molecular formula is C14H15BrIN3O. The largest absolute Gasteiger partial charge is 0.496 e. The fourth-order valence-corrected chi connectivity index (χ4v) is 3.20. The molecule has 0 aliphatic carbocycles. The standard InChI is InChI=1S/C14H15BrIN3O/c1-7(2)12-11(16)13(17)19-14(18-12)8-4-5-10(20-3)9(15)6-8/h4-7H,1-3H3,(H2,17,18,19). The molecule has 2 aromatic rings. The van der Waals surface area contributed by atoms with Crippen molar-refractivity contribution in [2.75, 3.05) is 12.8 Å². The minimum Gasteiger partial charge on any atom is -0.496 e. The highest BCUT2D eigenvalue weighted by Crippen LogP contribution is 2.31. The molecule has 1 heterocycles. The molecule has 0 amide bonds. The Labute approximate surface area is 140 Å². The molecule has 2 N–H and O–H groups in total. The van der Waals surface area contributed by atoms with E-state index in [4.69, 9.17) is 10.5 Å². The topological polar surface area (TPSA) is 61.0 Å². The SMILES string of the molecule is COc1ccc(-c2nc(N)c(I)c(C(C)C)n2)cc1Br. The van der Waals surface area contributed by atoms with Gasteiger partial charge in [-0.2, -0.15) is 0 Å². The van der Waals surface area contributed by atoms with Gasteiger partial charge in [-0.15, -0.1) is 0 Å². The summed E-state index contributed by atoms with van der Waals surface area (Å²) >= 11 is 5.67. The van der Waals surface area contributed by atoms with Gasteiger partial charge in [0, 0.05) is 5.56 Å². The third-order valence-electron chi connectivity index (χ3n) is 2.86. The van der Waals surface area contributed by atoms with E-state index in [-0.39, 0.29) is 0 Å². The Morgan fingerprint density at radius 1 is 1.30 bits per heavy atom. The highest BCUT2D eigenvalue weighted by molar-refractivity contribution is 14.1. The summed E-state index contributed by atoms with van der Waals surface area (Å²) in [6, 6.07) is 5.74. The first-order valence-electron chi connectivity index (χ1n) is 6.10. The molecule has 1 aromatic carbocycles. The molecule has 0 spiro atoms. The van der Waals surface area contributed by atoms with Crippen molar-refractivity contribution in [1.82, 2.24) is 9.97 Å². The lowest BCUT2D eigenvalue weighted by Gasteiger charge is -2.12. The van der Waals surface area contributed by atoms with E-state index in [2.05, 4.69) is 62.3 Å². The van der Waals surface area contributed by atoms with Gasteiger partial charge in [0.1, 0.15) is 11.6 Å². The predicted octanol–water partition coefficient (Wildman–Crippen LogP) is 4.22. The Kier molecular flexibility index (Phi) is 4.85. The van der Waals surface area contributed by atoms with Gasteiger partial charge in [0.2, 0.25) is 0 Å². The molecule has 0 saturated carbocycles. The zero-order valence-corrected chi connectivity index (χ0v) is 15.2. The normalized spacial score (nSPS) is 10.9. The Balaban J connectivity index is 2.55. The van der Waals surface area contributed by atoms with Crippen LogP contribution >= 0.6 is 38.5 Å². The number of hydrogen-bond acceptors (Lipinski definition) is 4. The molecule has 0 radical (unpaired) electrons.